The minimum atomic E-state index is -0.720. The van der Waals surface area contributed by atoms with Gasteiger partial charge in [0.2, 0.25) is 0 Å². The molecule has 1 heterocycles. The Balaban J connectivity index is 1.70. The van der Waals surface area contributed by atoms with E-state index in [1.165, 1.54) is 0 Å². The molecule has 0 saturated carbocycles. The van der Waals surface area contributed by atoms with E-state index in [9.17, 15) is 9.90 Å². The molecule has 1 unspecified atom stereocenters. The third-order valence-electron chi connectivity index (χ3n) is 3.87. The maximum absolute atomic E-state index is 12.3. The maximum atomic E-state index is 12.3. The quantitative estimate of drug-likeness (QED) is 0.779. The molecule has 3 aromatic rings. The molecule has 23 heavy (non-hydrogen) atoms. The Morgan fingerprint density at radius 2 is 2.00 bits per heavy atom. The van der Waals surface area contributed by atoms with Crippen LogP contribution >= 0.6 is 0 Å². The lowest BCUT2D eigenvalue weighted by Crippen LogP contribution is -2.28. The predicted molar refractivity (Wildman–Crippen MR) is 90.2 cm³/mol. The fourth-order valence-electron chi connectivity index (χ4n) is 2.58. The van der Waals surface area contributed by atoms with E-state index >= 15 is 0 Å². The lowest BCUT2D eigenvalue weighted by atomic mass is 10.0. The zero-order valence-corrected chi connectivity index (χ0v) is 12.9. The van der Waals surface area contributed by atoms with Gasteiger partial charge in [0, 0.05) is 23.7 Å². The second-order valence-corrected chi connectivity index (χ2v) is 5.49. The van der Waals surface area contributed by atoms with Gasteiger partial charge in [-0.05, 0) is 42.3 Å². The van der Waals surface area contributed by atoms with Crippen LogP contribution in [0.15, 0.2) is 60.8 Å². The zero-order valence-electron chi connectivity index (χ0n) is 12.9. The predicted octanol–water partition coefficient (Wildman–Crippen LogP) is 3.01. The number of aliphatic hydroxyl groups excluding tert-OH is 1. The molecular formula is C19H18N2O2. The number of pyridine rings is 1. The smallest absolute Gasteiger partial charge is 0.251 e. The van der Waals surface area contributed by atoms with Gasteiger partial charge in [-0.15, -0.1) is 0 Å². The number of hydrogen-bond acceptors (Lipinski definition) is 3. The molecule has 0 radical (unpaired) electrons. The van der Waals surface area contributed by atoms with Crippen LogP contribution < -0.4 is 5.32 Å². The minimum Gasteiger partial charge on any atom is -0.387 e. The van der Waals surface area contributed by atoms with Crippen molar-refractivity contribution in [3.05, 3.63) is 77.5 Å². The molecule has 116 valence electrons. The summed E-state index contributed by atoms with van der Waals surface area (Å²) in [4.78, 5) is 16.5. The Labute approximate surface area is 134 Å². The van der Waals surface area contributed by atoms with Gasteiger partial charge in [-0.25, -0.2) is 0 Å². The van der Waals surface area contributed by atoms with Crippen LogP contribution in [0.3, 0.4) is 0 Å². The van der Waals surface area contributed by atoms with E-state index in [-0.39, 0.29) is 12.5 Å². The number of nitrogens with zero attached hydrogens (tertiary/aromatic N) is 1. The van der Waals surface area contributed by atoms with Crippen LogP contribution in [0.1, 0.15) is 27.6 Å². The lowest BCUT2D eigenvalue weighted by molar-refractivity contribution is 0.0916. The van der Waals surface area contributed by atoms with Crippen LogP contribution in [0.4, 0.5) is 0 Å². The molecule has 2 aromatic carbocycles. The highest BCUT2D eigenvalue weighted by Gasteiger charge is 2.12. The number of aryl methyl sites for hydroxylation is 1. The van der Waals surface area contributed by atoms with Crippen molar-refractivity contribution in [2.24, 2.45) is 0 Å². The number of carbonyl (C=O) groups is 1. The third-order valence-corrected chi connectivity index (χ3v) is 3.87. The van der Waals surface area contributed by atoms with Crippen LogP contribution in [0, 0.1) is 6.92 Å². The first-order valence-corrected chi connectivity index (χ1v) is 7.52. The molecule has 1 aromatic heterocycles. The third kappa shape index (κ3) is 3.38. The standard InChI is InChI=1S/C19H18N2O2/c1-13-5-2-3-7-16(13)18(22)12-21-19(23)15-8-9-17-14(11-15)6-4-10-20-17/h2-11,18,22H,12H2,1H3,(H,21,23). The molecule has 4 nitrogen and oxygen atoms in total. The monoisotopic (exact) mass is 306 g/mol. The second kappa shape index (κ2) is 6.58. The molecule has 0 aliphatic rings. The van der Waals surface area contributed by atoms with E-state index in [0.717, 1.165) is 22.0 Å². The number of nitrogens with one attached hydrogen (secondary N) is 1. The number of amides is 1. The molecular weight excluding hydrogens is 288 g/mol. The normalized spacial score (nSPS) is 12.1. The van der Waals surface area contributed by atoms with Gasteiger partial charge in [0.1, 0.15) is 0 Å². The Morgan fingerprint density at radius 3 is 2.83 bits per heavy atom. The SMILES string of the molecule is Cc1ccccc1C(O)CNC(=O)c1ccc2ncccc2c1. The van der Waals surface area contributed by atoms with E-state index in [4.69, 9.17) is 0 Å². The van der Waals surface area contributed by atoms with Crippen LogP contribution in [-0.4, -0.2) is 22.5 Å². The summed E-state index contributed by atoms with van der Waals surface area (Å²) in [5, 5.41) is 13.9. The first-order valence-electron chi connectivity index (χ1n) is 7.52. The van der Waals surface area contributed by atoms with Crippen molar-refractivity contribution in [3.63, 3.8) is 0 Å². The first kappa shape index (κ1) is 15.2. The first-order chi connectivity index (χ1) is 11.1. The average Bonchev–Trinajstić information content (AvgIpc) is 2.59. The fourth-order valence-corrected chi connectivity index (χ4v) is 2.58. The summed E-state index contributed by atoms with van der Waals surface area (Å²) >= 11 is 0. The molecule has 1 atom stereocenters. The summed E-state index contributed by atoms with van der Waals surface area (Å²) in [6.45, 7) is 2.12. The van der Waals surface area contributed by atoms with Gasteiger partial charge in [0.25, 0.3) is 5.91 Å². The van der Waals surface area contributed by atoms with Crippen molar-refractivity contribution < 1.29 is 9.90 Å². The summed E-state index contributed by atoms with van der Waals surface area (Å²) in [5.74, 6) is -0.205. The van der Waals surface area contributed by atoms with E-state index in [1.54, 1.807) is 18.3 Å². The van der Waals surface area contributed by atoms with Crippen LogP contribution in [0.5, 0.6) is 0 Å². The molecule has 0 saturated heterocycles. The molecule has 3 rings (SSSR count). The number of hydrogen-bond donors (Lipinski definition) is 2. The van der Waals surface area contributed by atoms with Crippen LogP contribution in [0.2, 0.25) is 0 Å². The van der Waals surface area contributed by atoms with E-state index in [1.807, 2.05) is 49.4 Å². The van der Waals surface area contributed by atoms with Crippen molar-refractivity contribution in [3.8, 4) is 0 Å². The van der Waals surface area contributed by atoms with Gasteiger partial charge in [-0.2, -0.15) is 0 Å². The molecule has 4 heteroatoms. The largest absolute Gasteiger partial charge is 0.387 e. The van der Waals surface area contributed by atoms with Gasteiger partial charge < -0.3 is 10.4 Å². The van der Waals surface area contributed by atoms with Gasteiger partial charge in [0.15, 0.2) is 0 Å². The van der Waals surface area contributed by atoms with E-state index in [2.05, 4.69) is 10.3 Å². The van der Waals surface area contributed by atoms with Crippen LogP contribution in [-0.2, 0) is 0 Å². The minimum absolute atomic E-state index is 0.175. The van der Waals surface area contributed by atoms with Crippen LogP contribution in [0.25, 0.3) is 10.9 Å². The summed E-state index contributed by atoms with van der Waals surface area (Å²) in [5.41, 5.74) is 3.24. The maximum Gasteiger partial charge on any atom is 0.251 e. The number of fused-ring (bicyclic) bond motifs is 1. The Hall–Kier alpha value is -2.72. The topological polar surface area (TPSA) is 62.2 Å². The van der Waals surface area contributed by atoms with Crippen molar-refractivity contribution in [1.29, 1.82) is 0 Å². The number of aromatic nitrogens is 1. The summed E-state index contributed by atoms with van der Waals surface area (Å²) in [6.07, 6.45) is 1.00. The van der Waals surface area contributed by atoms with E-state index in [0.29, 0.717) is 5.56 Å². The fraction of sp³-hybridized carbons (Fsp3) is 0.158. The molecule has 0 aliphatic carbocycles. The Morgan fingerprint density at radius 1 is 1.17 bits per heavy atom. The average molecular weight is 306 g/mol. The zero-order chi connectivity index (χ0) is 16.2. The summed E-state index contributed by atoms with van der Waals surface area (Å²) in [7, 11) is 0. The van der Waals surface area contributed by atoms with Gasteiger partial charge in [-0.1, -0.05) is 30.3 Å². The van der Waals surface area contributed by atoms with E-state index < -0.39 is 6.10 Å². The summed E-state index contributed by atoms with van der Waals surface area (Å²) < 4.78 is 0. The van der Waals surface area contributed by atoms with Gasteiger partial charge >= 0.3 is 0 Å². The molecule has 0 bridgehead atoms. The molecule has 1 amide bonds. The second-order valence-electron chi connectivity index (χ2n) is 5.49. The number of aliphatic hydroxyl groups is 1. The number of rotatable bonds is 4. The molecule has 0 fully saturated rings. The van der Waals surface area contributed by atoms with Gasteiger partial charge in [0.05, 0.1) is 11.6 Å². The molecule has 0 aliphatic heterocycles. The van der Waals surface area contributed by atoms with Crippen molar-refractivity contribution >= 4 is 16.8 Å². The van der Waals surface area contributed by atoms with Gasteiger partial charge in [-0.3, -0.25) is 9.78 Å². The molecule has 0 spiro atoms. The summed E-state index contributed by atoms with van der Waals surface area (Å²) in [6, 6.07) is 16.7. The van der Waals surface area contributed by atoms with Crippen molar-refractivity contribution in [2.45, 2.75) is 13.0 Å². The highest BCUT2D eigenvalue weighted by molar-refractivity contribution is 5.97. The number of benzene rings is 2. The Kier molecular flexibility index (Phi) is 4.35. The molecule has 2 N–H and O–H groups in total. The lowest BCUT2D eigenvalue weighted by Gasteiger charge is -2.14. The van der Waals surface area contributed by atoms with Crippen molar-refractivity contribution in [2.75, 3.05) is 6.54 Å². The number of carbonyl (C=O) groups excluding carboxylic acids is 1. The Bertz CT molecular complexity index is 845. The highest BCUT2D eigenvalue weighted by atomic mass is 16.3. The van der Waals surface area contributed by atoms with Crippen molar-refractivity contribution in [1.82, 2.24) is 10.3 Å². The highest BCUT2D eigenvalue weighted by Crippen LogP contribution is 2.17.